The molecule has 0 aliphatic carbocycles. The van der Waals surface area contributed by atoms with E-state index >= 15 is 0 Å². The van der Waals surface area contributed by atoms with Crippen molar-refractivity contribution in [3.63, 3.8) is 0 Å². The molecule has 0 saturated carbocycles. The number of rotatable bonds is 3. The molecule has 0 bridgehead atoms. The lowest BCUT2D eigenvalue weighted by atomic mass is 9.91. The van der Waals surface area contributed by atoms with Gasteiger partial charge in [0.25, 0.3) is 5.56 Å². The molecule has 1 aliphatic heterocycles. The zero-order valence-corrected chi connectivity index (χ0v) is 19.0. The normalized spacial score (nSPS) is 15.8. The monoisotopic (exact) mass is 485 g/mol. The van der Waals surface area contributed by atoms with E-state index in [1.54, 1.807) is 0 Å². The minimum atomic E-state index is -0.245. The third-order valence-electron chi connectivity index (χ3n) is 5.74. The summed E-state index contributed by atoms with van der Waals surface area (Å²) in [4.78, 5) is 28.8. The fourth-order valence-corrected chi connectivity index (χ4v) is 4.69. The number of benzene rings is 3. The molecule has 0 saturated heterocycles. The Morgan fingerprint density at radius 2 is 1.69 bits per heavy atom. The highest BCUT2D eigenvalue weighted by Crippen LogP contribution is 2.37. The highest BCUT2D eigenvalue weighted by Gasteiger charge is 2.33. The molecule has 3 aromatic carbocycles. The molecule has 5 nitrogen and oxygen atoms in total. The maximum atomic E-state index is 13.4. The summed E-state index contributed by atoms with van der Waals surface area (Å²) in [5, 5.41) is 7.07. The molecule has 32 heavy (non-hydrogen) atoms. The third-order valence-corrected chi connectivity index (χ3v) is 6.24. The van der Waals surface area contributed by atoms with E-state index in [0.717, 1.165) is 32.1 Å². The molecular weight excluding hydrogens is 466 g/mol. The van der Waals surface area contributed by atoms with Gasteiger partial charge in [-0.2, -0.15) is 5.10 Å². The van der Waals surface area contributed by atoms with Crippen molar-refractivity contribution in [3.05, 3.63) is 105 Å². The summed E-state index contributed by atoms with van der Waals surface area (Å²) in [6.45, 7) is 1.50. The summed E-state index contributed by atoms with van der Waals surface area (Å²) in [6, 6.07) is 25.2. The Labute approximate surface area is 193 Å². The number of hydrogen-bond donors (Lipinski definition) is 1. The zero-order chi connectivity index (χ0) is 22.2. The number of halogens is 1. The van der Waals surface area contributed by atoms with Gasteiger partial charge in [-0.15, -0.1) is 0 Å². The van der Waals surface area contributed by atoms with Gasteiger partial charge in [0.05, 0.1) is 17.3 Å². The first-order valence-electron chi connectivity index (χ1n) is 10.4. The number of fused-ring (bicyclic) bond motifs is 1. The van der Waals surface area contributed by atoms with Crippen LogP contribution in [0.15, 0.2) is 93.2 Å². The van der Waals surface area contributed by atoms with E-state index in [2.05, 4.69) is 26.0 Å². The van der Waals surface area contributed by atoms with Crippen LogP contribution in [-0.2, 0) is 4.79 Å². The van der Waals surface area contributed by atoms with Crippen LogP contribution in [0.5, 0.6) is 0 Å². The second kappa shape index (κ2) is 8.20. The average molecular weight is 486 g/mol. The number of carbonyl (C=O) groups is 1. The number of aromatic nitrogens is 1. The van der Waals surface area contributed by atoms with Crippen LogP contribution in [0.3, 0.4) is 0 Å². The lowest BCUT2D eigenvalue weighted by Gasteiger charge is -2.20. The molecule has 1 amide bonds. The summed E-state index contributed by atoms with van der Waals surface area (Å²) in [5.41, 5.74) is 4.39. The lowest BCUT2D eigenvalue weighted by molar-refractivity contribution is -0.130. The van der Waals surface area contributed by atoms with Gasteiger partial charge in [0, 0.05) is 34.3 Å². The van der Waals surface area contributed by atoms with Crippen molar-refractivity contribution >= 4 is 38.5 Å². The number of carbonyl (C=O) groups excluding carboxylic acids is 1. The lowest BCUT2D eigenvalue weighted by Crippen LogP contribution is -2.24. The van der Waals surface area contributed by atoms with Crippen LogP contribution < -0.4 is 5.56 Å². The second-order valence-electron chi connectivity index (χ2n) is 7.80. The number of pyridine rings is 1. The maximum Gasteiger partial charge on any atom is 0.258 e. The highest BCUT2D eigenvalue weighted by atomic mass is 79.9. The Morgan fingerprint density at radius 1 is 1.00 bits per heavy atom. The van der Waals surface area contributed by atoms with Gasteiger partial charge < -0.3 is 4.98 Å². The molecule has 4 aromatic rings. The molecule has 0 fully saturated rings. The quantitative estimate of drug-likeness (QED) is 0.407. The predicted octanol–water partition coefficient (Wildman–Crippen LogP) is 5.66. The van der Waals surface area contributed by atoms with E-state index < -0.39 is 0 Å². The SMILES string of the molecule is CC(=O)N1N=C(c2c(-c3ccccc3)c3cc(Br)ccc3[nH]c2=O)C[C@H]1c1ccccc1. The summed E-state index contributed by atoms with van der Waals surface area (Å²) in [7, 11) is 0. The van der Waals surface area contributed by atoms with Crippen molar-refractivity contribution in [2.24, 2.45) is 5.10 Å². The minimum Gasteiger partial charge on any atom is -0.321 e. The summed E-state index contributed by atoms with van der Waals surface area (Å²) in [5.74, 6) is -0.157. The van der Waals surface area contributed by atoms with Crippen molar-refractivity contribution in [2.75, 3.05) is 0 Å². The molecule has 1 aromatic heterocycles. The van der Waals surface area contributed by atoms with Crippen molar-refractivity contribution in [3.8, 4) is 11.1 Å². The van der Waals surface area contributed by atoms with Gasteiger partial charge in [0.15, 0.2) is 0 Å². The van der Waals surface area contributed by atoms with Gasteiger partial charge in [-0.05, 0) is 29.3 Å². The van der Waals surface area contributed by atoms with E-state index in [1.165, 1.54) is 11.9 Å². The third kappa shape index (κ3) is 3.56. The minimum absolute atomic E-state index is 0.157. The number of nitrogens with zero attached hydrogens (tertiary/aromatic N) is 2. The van der Waals surface area contributed by atoms with Gasteiger partial charge in [0.1, 0.15) is 0 Å². The van der Waals surface area contributed by atoms with Crippen molar-refractivity contribution in [2.45, 2.75) is 19.4 Å². The first kappa shape index (κ1) is 20.4. The van der Waals surface area contributed by atoms with Gasteiger partial charge in [-0.3, -0.25) is 9.59 Å². The maximum absolute atomic E-state index is 13.4. The first-order valence-corrected chi connectivity index (χ1v) is 11.2. The van der Waals surface area contributed by atoms with Crippen molar-refractivity contribution in [1.82, 2.24) is 9.99 Å². The fraction of sp³-hybridized carbons (Fsp3) is 0.115. The first-order chi connectivity index (χ1) is 15.5. The van der Waals surface area contributed by atoms with Gasteiger partial charge in [0.2, 0.25) is 5.91 Å². The topological polar surface area (TPSA) is 65.5 Å². The molecule has 1 N–H and O–H groups in total. The fourth-order valence-electron chi connectivity index (χ4n) is 4.33. The molecule has 1 aliphatic rings. The largest absolute Gasteiger partial charge is 0.321 e. The summed E-state index contributed by atoms with van der Waals surface area (Å²) >= 11 is 3.56. The molecule has 6 heteroatoms. The Bertz CT molecular complexity index is 1410. The summed E-state index contributed by atoms with van der Waals surface area (Å²) in [6.07, 6.45) is 0.464. The molecule has 2 heterocycles. The predicted molar refractivity (Wildman–Crippen MR) is 131 cm³/mol. The van der Waals surface area contributed by atoms with Gasteiger partial charge >= 0.3 is 0 Å². The van der Waals surface area contributed by atoms with Crippen LogP contribution in [0.25, 0.3) is 22.0 Å². The highest BCUT2D eigenvalue weighted by molar-refractivity contribution is 9.10. The molecule has 0 spiro atoms. The van der Waals surface area contributed by atoms with E-state index in [-0.39, 0.29) is 17.5 Å². The van der Waals surface area contributed by atoms with Crippen LogP contribution in [0.1, 0.15) is 30.5 Å². The number of aromatic amines is 1. The Morgan fingerprint density at radius 3 is 2.38 bits per heavy atom. The molecule has 158 valence electrons. The Hall–Kier alpha value is -3.51. The van der Waals surface area contributed by atoms with E-state index in [0.29, 0.717) is 17.7 Å². The molecule has 0 unspecified atom stereocenters. The zero-order valence-electron chi connectivity index (χ0n) is 17.4. The van der Waals surface area contributed by atoms with Gasteiger partial charge in [-0.1, -0.05) is 76.6 Å². The molecule has 5 rings (SSSR count). The number of H-pyrrole nitrogens is 1. The summed E-state index contributed by atoms with van der Waals surface area (Å²) < 4.78 is 0.918. The number of hydrazone groups is 1. The average Bonchev–Trinajstić information content (AvgIpc) is 3.25. The molecule has 1 atom stereocenters. The van der Waals surface area contributed by atoms with Gasteiger partial charge in [-0.25, -0.2) is 5.01 Å². The Kier molecular flexibility index (Phi) is 5.23. The number of amides is 1. The van der Waals surface area contributed by atoms with Crippen LogP contribution in [-0.4, -0.2) is 21.6 Å². The van der Waals surface area contributed by atoms with Crippen LogP contribution in [0.2, 0.25) is 0 Å². The van der Waals surface area contributed by atoms with E-state index in [1.807, 2.05) is 78.9 Å². The van der Waals surface area contributed by atoms with E-state index in [4.69, 9.17) is 0 Å². The smallest absolute Gasteiger partial charge is 0.258 e. The standard InChI is InChI=1S/C26H20BrN3O2/c1-16(31)30-23(17-8-4-2-5-9-17)15-22(29-30)25-24(18-10-6-3-7-11-18)20-14-19(27)12-13-21(20)28-26(25)32/h2-14,23H,15H2,1H3,(H,28,32)/t23-/m0/s1. The van der Waals surface area contributed by atoms with Crippen LogP contribution in [0, 0.1) is 0 Å². The van der Waals surface area contributed by atoms with Crippen LogP contribution in [0.4, 0.5) is 0 Å². The number of hydrogen-bond acceptors (Lipinski definition) is 3. The second-order valence-corrected chi connectivity index (χ2v) is 8.72. The Balaban J connectivity index is 1.76. The van der Waals surface area contributed by atoms with Crippen molar-refractivity contribution in [1.29, 1.82) is 0 Å². The van der Waals surface area contributed by atoms with Crippen molar-refractivity contribution < 1.29 is 4.79 Å². The molecule has 0 radical (unpaired) electrons. The number of nitrogens with one attached hydrogen (secondary N) is 1. The van der Waals surface area contributed by atoms with Crippen LogP contribution >= 0.6 is 15.9 Å². The molecular formula is C26H20BrN3O2. The van der Waals surface area contributed by atoms with E-state index in [9.17, 15) is 9.59 Å².